The van der Waals surface area contributed by atoms with Gasteiger partial charge in [0.15, 0.2) is 0 Å². The summed E-state index contributed by atoms with van der Waals surface area (Å²) in [6.07, 6.45) is 5.21. The van der Waals surface area contributed by atoms with Gasteiger partial charge in [0, 0.05) is 30.4 Å². The second-order valence-corrected chi connectivity index (χ2v) is 7.47. The molecule has 1 aliphatic carbocycles. The van der Waals surface area contributed by atoms with Gasteiger partial charge in [0.2, 0.25) is 5.91 Å². The van der Waals surface area contributed by atoms with Crippen LogP contribution in [0.5, 0.6) is 0 Å². The highest BCUT2D eigenvalue weighted by Crippen LogP contribution is 2.32. The van der Waals surface area contributed by atoms with E-state index in [0.717, 1.165) is 38.6 Å². The lowest BCUT2D eigenvalue weighted by Crippen LogP contribution is -2.53. The normalized spacial score (nSPS) is 27.7. The van der Waals surface area contributed by atoms with Crippen molar-refractivity contribution >= 4 is 36.4 Å². The lowest BCUT2D eigenvalue weighted by molar-refractivity contribution is -0.128. The molecule has 6 heteroatoms. The van der Waals surface area contributed by atoms with Crippen LogP contribution < -0.4 is 16.0 Å². The molecule has 0 saturated heterocycles. The maximum absolute atomic E-state index is 12.5. The molecule has 1 aliphatic heterocycles. The third kappa shape index (κ3) is 4.81. The number of halogens is 2. The number of hydrogen-bond acceptors (Lipinski definition) is 3. The zero-order chi connectivity index (χ0) is 16.4. The molecule has 25 heavy (non-hydrogen) atoms. The summed E-state index contributed by atoms with van der Waals surface area (Å²) in [5.41, 5.74) is 8.71. The molecule has 1 amide bonds. The fraction of sp³-hybridized carbons (Fsp3) is 0.632. The van der Waals surface area contributed by atoms with Crippen molar-refractivity contribution in [3.05, 3.63) is 29.8 Å². The third-order valence-electron chi connectivity index (χ3n) is 5.57. The number of rotatable bonds is 4. The molecule has 1 heterocycles. The number of carbonyl (C=O) groups excluding carboxylic acids is 1. The summed E-state index contributed by atoms with van der Waals surface area (Å²) in [7, 11) is 0. The largest absolute Gasteiger partial charge is 0.367 e. The van der Waals surface area contributed by atoms with Gasteiger partial charge >= 0.3 is 0 Å². The zero-order valence-corrected chi connectivity index (χ0v) is 16.8. The van der Waals surface area contributed by atoms with Crippen LogP contribution in [0.3, 0.4) is 0 Å². The van der Waals surface area contributed by atoms with Gasteiger partial charge in [0.05, 0.1) is 5.92 Å². The van der Waals surface area contributed by atoms with E-state index in [1.54, 1.807) is 0 Å². The van der Waals surface area contributed by atoms with E-state index in [9.17, 15) is 4.79 Å². The first-order valence-corrected chi connectivity index (χ1v) is 8.90. The molecule has 0 bridgehead atoms. The van der Waals surface area contributed by atoms with Gasteiger partial charge in [-0.25, -0.2) is 0 Å². The molecule has 142 valence electrons. The predicted octanol–water partition coefficient (Wildman–Crippen LogP) is 3.31. The van der Waals surface area contributed by atoms with Crippen molar-refractivity contribution in [3.8, 4) is 0 Å². The van der Waals surface area contributed by atoms with Crippen LogP contribution >= 0.6 is 24.8 Å². The number of anilines is 1. The second kappa shape index (κ2) is 9.11. The van der Waals surface area contributed by atoms with Crippen molar-refractivity contribution in [1.82, 2.24) is 5.32 Å². The molecule has 4 nitrogen and oxygen atoms in total. The Kier molecular flexibility index (Phi) is 8.04. The Morgan fingerprint density at radius 2 is 2.04 bits per heavy atom. The summed E-state index contributed by atoms with van der Waals surface area (Å²) in [5, 5.41) is 3.13. The summed E-state index contributed by atoms with van der Waals surface area (Å²) in [6, 6.07) is 9.07. The number of amides is 1. The standard InChI is InChI=1S/C19H29N3O.2ClH/c1-14-13-15-7-3-4-9-17(15)22(14)12-11-21-18(23)16-8-5-6-10-19(16,2)20;;/h3-4,7,9,14,16H,5-6,8,10-13,20H2,1-2H3,(H,21,23);2*1H. The highest BCUT2D eigenvalue weighted by molar-refractivity contribution is 5.85. The molecule has 3 N–H and O–H groups in total. The van der Waals surface area contributed by atoms with Crippen LogP contribution in [0.1, 0.15) is 45.1 Å². The average Bonchev–Trinajstić information content (AvgIpc) is 2.82. The average molecular weight is 388 g/mol. The Hall–Kier alpha value is -0.970. The third-order valence-corrected chi connectivity index (χ3v) is 5.57. The highest BCUT2D eigenvalue weighted by Gasteiger charge is 2.37. The fourth-order valence-corrected chi connectivity index (χ4v) is 4.18. The number of para-hydroxylation sites is 1. The molecule has 1 saturated carbocycles. The maximum Gasteiger partial charge on any atom is 0.225 e. The zero-order valence-electron chi connectivity index (χ0n) is 15.2. The summed E-state index contributed by atoms with van der Waals surface area (Å²) < 4.78 is 0. The van der Waals surface area contributed by atoms with Gasteiger partial charge in [0.25, 0.3) is 0 Å². The van der Waals surface area contributed by atoms with Gasteiger partial charge in [0.1, 0.15) is 0 Å². The number of carbonyl (C=O) groups is 1. The molecule has 3 unspecified atom stereocenters. The van der Waals surface area contributed by atoms with Crippen molar-refractivity contribution in [3.63, 3.8) is 0 Å². The summed E-state index contributed by atoms with van der Waals surface area (Å²) >= 11 is 0. The molecule has 1 aromatic carbocycles. The SMILES string of the molecule is CC1Cc2ccccc2N1CCNC(=O)C1CCCCC1(C)N.Cl.Cl. The van der Waals surface area contributed by atoms with Crippen molar-refractivity contribution in [2.45, 2.75) is 57.5 Å². The minimum atomic E-state index is -0.351. The van der Waals surface area contributed by atoms with Crippen LogP contribution in [0.25, 0.3) is 0 Å². The Morgan fingerprint density at radius 1 is 1.32 bits per heavy atom. The smallest absolute Gasteiger partial charge is 0.225 e. The molecule has 1 fully saturated rings. The van der Waals surface area contributed by atoms with Crippen molar-refractivity contribution in [1.29, 1.82) is 0 Å². The van der Waals surface area contributed by atoms with Gasteiger partial charge in [-0.05, 0) is 44.7 Å². The van der Waals surface area contributed by atoms with Gasteiger partial charge in [-0.2, -0.15) is 0 Å². The second-order valence-electron chi connectivity index (χ2n) is 7.47. The van der Waals surface area contributed by atoms with Crippen LogP contribution in [0, 0.1) is 5.92 Å². The topological polar surface area (TPSA) is 58.4 Å². The molecule has 0 aromatic heterocycles. The molecule has 1 aromatic rings. The van der Waals surface area contributed by atoms with Crippen LogP contribution in [0.2, 0.25) is 0 Å². The Morgan fingerprint density at radius 3 is 2.76 bits per heavy atom. The van der Waals surface area contributed by atoms with E-state index in [0.29, 0.717) is 12.6 Å². The van der Waals surface area contributed by atoms with Gasteiger partial charge in [-0.15, -0.1) is 24.8 Å². The van der Waals surface area contributed by atoms with Gasteiger partial charge < -0.3 is 16.0 Å². The summed E-state index contributed by atoms with van der Waals surface area (Å²) in [4.78, 5) is 14.9. The maximum atomic E-state index is 12.5. The summed E-state index contributed by atoms with van der Waals surface area (Å²) in [5.74, 6) is 0.0920. The van der Waals surface area contributed by atoms with Gasteiger partial charge in [-0.1, -0.05) is 31.0 Å². The van der Waals surface area contributed by atoms with Crippen molar-refractivity contribution in [2.75, 3.05) is 18.0 Å². The van der Waals surface area contributed by atoms with E-state index in [2.05, 4.69) is 41.4 Å². The number of hydrogen-bond donors (Lipinski definition) is 2. The van der Waals surface area contributed by atoms with Gasteiger partial charge in [-0.3, -0.25) is 4.79 Å². The van der Waals surface area contributed by atoms with E-state index < -0.39 is 0 Å². The minimum absolute atomic E-state index is 0. The van der Waals surface area contributed by atoms with E-state index in [1.165, 1.54) is 11.3 Å². The van der Waals surface area contributed by atoms with E-state index in [-0.39, 0.29) is 42.2 Å². The number of nitrogens with one attached hydrogen (secondary N) is 1. The summed E-state index contributed by atoms with van der Waals surface area (Å²) in [6.45, 7) is 5.82. The van der Waals surface area contributed by atoms with Crippen molar-refractivity contribution < 1.29 is 4.79 Å². The number of nitrogens with two attached hydrogens (primary N) is 1. The van der Waals surface area contributed by atoms with E-state index >= 15 is 0 Å². The van der Waals surface area contributed by atoms with Crippen LogP contribution in [-0.2, 0) is 11.2 Å². The number of benzene rings is 1. The molecular formula is C19H31Cl2N3O. The molecule has 3 rings (SSSR count). The molecular weight excluding hydrogens is 357 g/mol. The number of fused-ring (bicyclic) bond motifs is 1. The van der Waals surface area contributed by atoms with Crippen LogP contribution in [0.4, 0.5) is 5.69 Å². The molecule has 0 radical (unpaired) electrons. The van der Waals surface area contributed by atoms with E-state index in [1.807, 2.05) is 6.92 Å². The lowest BCUT2D eigenvalue weighted by atomic mass is 9.74. The predicted molar refractivity (Wildman–Crippen MR) is 109 cm³/mol. The Labute approximate surface area is 163 Å². The lowest BCUT2D eigenvalue weighted by Gasteiger charge is -2.37. The highest BCUT2D eigenvalue weighted by atomic mass is 35.5. The van der Waals surface area contributed by atoms with Crippen molar-refractivity contribution in [2.24, 2.45) is 11.7 Å². The first-order valence-electron chi connectivity index (χ1n) is 8.90. The first kappa shape index (κ1) is 22.1. The first-order chi connectivity index (χ1) is 11.0. The van der Waals surface area contributed by atoms with Crippen LogP contribution in [0.15, 0.2) is 24.3 Å². The fourth-order valence-electron chi connectivity index (χ4n) is 4.18. The monoisotopic (exact) mass is 387 g/mol. The Balaban J connectivity index is 0.00000156. The quantitative estimate of drug-likeness (QED) is 0.832. The Bertz CT molecular complexity index is 580. The molecule has 3 atom stereocenters. The molecule has 0 spiro atoms. The minimum Gasteiger partial charge on any atom is -0.367 e. The molecule has 2 aliphatic rings. The van der Waals surface area contributed by atoms with Crippen LogP contribution in [-0.4, -0.2) is 30.6 Å². The number of nitrogens with zero attached hydrogens (tertiary/aromatic N) is 1. The van der Waals surface area contributed by atoms with E-state index in [4.69, 9.17) is 5.73 Å².